The highest BCUT2D eigenvalue weighted by Gasteiger charge is 2.23. The SMILES string of the molecule is C=C(C)COOCC(O)COc1ccc(C(C)(C)c2ccc(OC)cc2)cc1. The lowest BCUT2D eigenvalue weighted by Gasteiger charge is -2.26. The summed E-state index contributed by atoms with van der Waals surface area (Å²) in [5.41, 5.74) is 3.06. The molecule has 2 rings (SSSR count). The second-order valence-corrected chi connectivity index (χ2v) is 7.35. The molecule has 0 aliphatic carbocycles. The first-order valence-electron chi connectivity index (χ1n) is 9.27. The smallest absolute Gasteiger partial charge is 0.119 e. The van der Waals surface area contributed by atoms with Gasteiger partial charge in [-0.1, -0.05) is 50.3 Å². The van der Waals surface area contributed by atoms with E-state index in [1.54, 1.807) is 7.11 Å². The maximum atomic E-state index is 9.89. The average molecular weight is 386 g/mol. The number of aliphatic hydroxyl groups is 1. The molecule has 0 aromatic heterocycles. The highest BCUT2D eigenvalue weighted by Crippen LogP contribution is 2.33. The molecule has 1 unspecified atom stereocenters. The summed E-state index contributed by atoms with van der Waals surface area (Å²) in [6.45, 7) is 10.4. The van der Waals surface area contributed by atoms with Gasteiger partial charge in [0.05, 0.1) is 7.11 Å². The molecule has 2 aromatic carbocycles. The summed E-state index contributed by atoms with van der Waals surface area (Å²) < 4.78 is 10.9. The van der Waals surface area contributed by atoms with Gasteiger partial charge in [0, 0.05) is 5.41 Å². The lowest BCUT2D eigenvalue weighted by Crippen LogP contribution is -2.24. The molecule has 0 saturated carbocycles. The molecule has 0 fully saturated rings. The van der Waals surface area contributed by atoms with Crippen LogP contribution in [-0.2, 0) is 15.2 Å². The molecule has 0 bridgehead atoms. The summed E-state index contributed by atoms with van der Waals surface area (Å²) in [6, 6.07) is 16.0. The molecule has 0 aliphatic rings. The fourth-order valence-corrected chi connectivity index (χ4v) is 2.65. The van der Waals surface area contributed by atoms with Crippen molar-refractivity contribution < 1.29 is 24.4 Å². The third-order valence-corrected chi connectivity index (χ3v) is 4.48. The van der Waals surface area contributed by atoms with Crippen molar-refractivity contribution in [2.75, 3.05) is 26.9 Å². The topological polar surface area (TPSA) is 57.2 Å². The number of benzene rings is 2. The molecule has 0 spiro atoms. The highest BCUT2D eigenvalue weighted by molar-refractivity contribution is 5.41. The molecule has 0 radical (unpaired) electrons. The number of methoxy groups -OCH3 is 1. The Kier molecular flexibility index (Phi) is 8.05. The van der Waals surface area contributed by atoms with Crippen LogP contribution in [-0.4, -0.2) is 38.1 Å². The maximum Gasteiger partial charge on any atom is 0.119 e. The van der Waals surface area contributed by atoms with Crippen molar-refractivity contribution in [1.29, 1.82) is 0 Å². The maximum absolute atomic E-state index is 9.89. The monoisotopic (exact) mass is 386 g/mol. The standard InChI is InChI=1S/C23H30O5/c1-17(2)14-27-28-16-20(24)15-26-22-12-8-19(9-13-22)23(3,4)18-6-10-21(25-5)11-7-18/h6-13,20,24H,1,14-16H2,2-5H3. The summed E-state index contributed by atoms with van der Waals surface area (Å²) in [6.07, 6.45) is -0.777. The predicted molar refractivity (Wildman–Crippen MR) is 110 cm³/mol. The molecule has 0 heterocycles. The summed E-state index contributed by atoms with van der Waals surface area (Å²) >= 11 is 0. The number of hydrogen-bond acceptors (Lipinski definition) is 5. The average Bonchev–Trinajstić information content (AvgIpc) is 2.70. The van der Waals surface area contributed by atoms with Crippen LogP contribution >= 0.6 is 0 Å². The molecule has 5 nitrogen and oxygen atoms in total. The van der Waals surface area contributed by atoms with E-state index >= 15 is 0 Å². The Bertz CT molecular complexity index is 735. The van der Waals surface area contributed by atoms with E-state index in [9.17, 15) is 5.11 Å². The minimum Gasteiger partial charge on any atom is -0.497 e. The molecule has 0 amide bonds. The molecule has 28 heavy (non-hydrogen) atoms. The van der Waals surface area contributed by atoms with Crippen molar-refractivity contribution >= 4 is 0 Å². The first kappa shape index (κ1) is 22.0. The Morgan fingerprint density at radius 1 is 0.929 bits per heavy atom. The summed E-state index contributed by atoms with van der Waals surface area (Å²) in [4.78, 5) is 9.83. The van der Waals surface area contributed by atoms with Crippen molar-refractivity contribution in [3.8, 4) is 11.5 Å². The molecule has 2 aromatic rings. The van der Waals surface area contributed by atoms with Crippen LogP contribution in [0.25, 0.3) is 0 Å². The number of ether oxygens (including phenoxy) is 2. The van der Waals surface area contributed by atoms with Crippen molar-refractivity contribution in [3.05, 3.63) is 71.8 Å². The van der Waals surface area contributed by atoms with E-state index in [4.69, 9.17) is 19.2 Å². The molecule has 152 valence electrons. The quantitative estimate of drug-likeness (QED) is 0.270. The molecule has 1 N–H and O–H groups in total. The van der Waals surface area contributed by atoms with Gasteiger partial charge >= 0.3 is 0 Å². The van der Waals surface area contributed by atoms with E-state index < -0.39 is 6.10 Å². The van der Waals surface area contributed by atoms with E-state index in [1.807, 2.05) is 43.3 Å². The third kappa shape index (κ3) is 6.37. The van der Waals surface area contributed by atoms with Gasteiger partial charge in [0.15, 0.2) is 0 Å². The van der Waals surface area contributed by atoms with Gasteiger partial charge in [-0.25, -0.2) is 9.78 Å². The zero-order valence-electron chi connectivity index (χ0n) is 17.1. The molecular formula is C23H30O5. The van der Waals surface area contributed by atoms with Gasteiger partial charge < -0.3 is 14.6 Å². The van der Waals surface area contributed by atoms with Gasteiger partial charge in [0.2, 0.25) is 0 Å². The Hall–Kier alpha value is -2.34. The van der Waals surface area contributed by atoms with Crippen molar-refractivity contribution in [2.45, 2.75) is 32.3 Å². The highest BCUT2D eigenvalue weighted by atomic mass is 17.2. The van der Waals surface area contributed by atoms with E-state index in [1.165, 1.54) is 11.1 Å². The van der Waals surface area contributed by atoms with Crippen LogP contribution in [0.15, 0.2) is 60.7 Å². The molecule has 1 atom stereocenters. The summed E-state index contributed by atoms with van der Waals surface area (Å²) in [5, 5.41) is 9.89. The predicted octanol–water partition coefficient (Wildman–Crippen LogP) is 4.29. The van der Waals surface area contributed by atoms with Gasteiger partial charge in [-0.05, 0) is 42.3 Å². The largest absolute Gasteiger partial charge is 0.497 e. The zero-order chi connectivity index (χ0) is 20.6. The summed E-state index contributed by atoms with van der Waals surface area (Å²) in [7, 11) is 1.66. The first-order chi connectivity index (χ1) is 13.3. The molecule has 0 aliphatic heterocycles. The second-order valence-electron chi connectivity index (χ2n) is 7.35. The van der Waals surface area contributed by atoms with E-state index in [-0.39, 0.29) is 18.6 Å². The molecular weight excluding hydrogens is 356 g/mol. The molecule has 0 saturated heterocycles. The Balaban J connectivity index is 1.88. The number of aliphatic hydroxyl groups excluding tert-OH is 1. The van der Waals surface area contributed by atoms with Gasteiger partial charge in [0.25, 0.3) is 0 Å². The van der Waals surface area contributed by atoms with Crippen LogP contribution < -0.4 is 9.47 Å². The van der Waals surface area contributed by atoms with Crippen LogP contribution in [0.1, 0.15) is 31.9 Å². The Labute approximate surface area is 167 Å². The van der Waals surface area contributed by atoms with Crippen LogP contribution in [0, 0.1) is 0 Å². The fraction of sp³-hybridized carbons (Fsp3) is 0.391. The van der Waals surface area contributed by atoms with Crippen LogP contribution in [0.3, 0.4) is 0 Å². The van der Waals surface area contributed by atoms with Gasteiger partial charge in [0.1, 0.15) is 37.4 Å². The zero-order valence-corrected chi connectivity index (χ0v) is 17.1. The van der Waals surface area contributed by atoms with Crippen LogP contribution in [0.2, 0.25) is 0 Å². The minimum atomic E-state index is -0.777. The van der Waals surface area contributed by atoms with E-state index in [0.717, 1.165) is 11.3 Å². The third-order valence-electron chi connectivity index (χ3n) is 4.48. The fourth-order valence-electron chi connectivity index (χ4n) is 2.65. The summed E-state index contributed by atoms with van der Waals surface area (Å²) in [5.74, 6) is 1.53. The lowest BCUT2D eigenvalue weighted by molar-refractivity contribution is -0.299. The Morgan fingerprint density at radius 2 is 1.46 bits per heavy atom. The lowest BCUT2D eigenvalue weighted by atomic mass is 9.78. The van der Waals surface area contributed by atoms with Crippen molar-refractivity contribution in [1.82, 2.24) is 0 Å². The minimum absolute atomic E-state index is 0.0376. The molecule has 5 heteroatoms. The van der Waals surface area contributed by atoms with Crippen LogP contribution in [0.4, 0.5) is 0 Å². The first-order valence-corrected chi connectivity index (χ1v) is 9.27. The van der Waals surface area contributed by atoms with E-state index in [0.29, 0.717) is 12.4 Å². The van der Waals surface area contributed by atoms with Gasteiger partial charge in [-0.15, -0.1) is 0 Å². The van der Waals surface area contributed by atoms with Crippen LogP contribution in [0.5, 0.6) is 11.5 Å². The number of hydrogen-bond donors (Lipinski definition) is 1. The number of rotatable bonds is 11. The normalized spacial score (nSPS) is 12.5. The van der Waals surface area contributed by atoms with Crippen molar-refractivity contribution in [2.24, 2.45) is 0 Å². The van der Waals surface area contributed by atoms with E-state index in [2.05, 4.69) is 32.6 Å². The Morgan fingerprint density at radius 3 is 1.96 bits per heavy atom. The van der Waals surface area contributed by atoms with Gasteiger partial charge in [-0.2, -0.15) is 0 Å². The van der Waals surface area contributed by atoms with Gasteiger partial charge in [-0.3, -0.25) is 0 Å². The van der Waals surface area contributed by atoms with Crippen molar-refractivity contribution in [3.63, 3.8) is 0 Å². The second kappa shape index (κ2) is 10.3.